The molecule has 0 heterocycles. The summed E-state index contributed by atoms with van der Waals surface area (Å²) in [7, 11) is 1.74. The van der Waals surface area contributed by atoms with E-state index >= 15 is 0 Å². The molecule has 1 N–H and O–H groups in total. The van der Waals surface area contributed by atoms with Gasteiger partial charge in [-0.2, -0.15) is 17.0 Å². The smallest absolute Gasteiger partial charge is 0.109 e. The zero-order valence-corrected chi connectivity index (χ0v) is 12.7. The van der Waals surface area contributed by atoms with Gasteiger partial charge < -0.3 is 4.74 Å². The van der Waals surface area contributed by atoms with Crippen LogP contribution in [0.5, 0.6) is 0 Å². The number of nitrogens with zero attached hydrogens (tertiary/aromatic N) is 1. The van der Waals surface area contributed by atoms with Gasteiger partial charge in [0.05, 0.1) is 12.7 Å². The Labute approximate surface area is 116 Å². The molecule has 0 radical (unpaired) electrons. The lowest BCUT2D eigenvalue weighted by Gasteiger charge is -2.32. The summed E-state index contributed by atoms with van der Waals surface area (Å²) in [6.07, 6.45) is 4.52. The minimum absolute atomic E-state index is 0.268. The van der Waals surface area contributed by atoms with Crippen LogP contribution in [-0.4, -0.2) is 36.8 Å². The van der Waals surface area contributed by atoms with E-state index in [0.717, 1.165) is 31.0 Å². The lowest BCUT2D eigenvalue weighted by Crippen LogP contribution is -2.50. The van der Waals surface area contributed by atoms with Crippen molar-refractivity contribution >= 4 is 11.8 Å². The zero-order chi connectivity index (χ0) is 13.4. The molecule has 1 aliphatic rings. The molecule has 1 fully saturated rings. The van der Waals surface area contributed by atoms with E-state index in [1.807, 2.05) is 11.8 Å². The second-order valence-corrected chi connectivity index (χ2v) is 6.59. The number of rotatable bonds is 8. The topological polar surface area (TPSA) is 45.0 Å². The fourth-order valence-electron chi connectivity index (χ4n) is 2.82. The van der Waals surface area contributed by atoms with Gasteiger partial charge in [0.25, 0.3) is 0 Å². The standard InChI is InChI=1S/C14H26N2OS/c1-12(2)16-14(11-15)7-4-5-13(14)6-9-18-10-8-17-3/h12-13,16H,4-10H2,1-3H3. The SMILES string of the molecule is COCCSCCC1CCCC1(C#N)NC(C)C. The number of nitrogens with one attached hydrogen (secondary N) is 1. The highest BCUT2D eigenvalue weighted by Gasteiger charge is 2.42. The summed E-state index contributed by atoms with van der Waals surface area (Å²) in [5, 5.41) is 13.0. The maximum absolute atomic E-state index is 9.54. The van der Waals surface area contributed by atoms with Gasteiger partial charge in [0, 0.05) is 18.9 Å². The van der Waals surface area contributed by atoms with Gasteiger partial charge in [0.2, 0.25) is 0 Å². The Kier molecular flexibility index (Phi) is 7.06. The van der Waals surface area contributed by atoms with Crippen molar-refractivity contribution in [1.82, 2.24) is 5.32 Å². The number of methoxy groups -OCH3 is 1. The van der Waals surface area contributed by atoms with Gasteiger partial charge in [-0.1, -0.05) is 6.42 Å². The van der Waals surface area contributed by atoms with Crippen LogP contribution in [0.2, 0.25) is 0 Å². The number of hydrogen-bond acceptors (Lipinski definition) is 4. The molecular weight excluding hydrogens is 244 g/mol. The van der Waals surface area contributed by atoms with Crippen LogP contribution in [0.25, 0.3) is 0 Å². The average molecular weight is 270 g/mol. The molecule has 0 aliphatic heterocycles. The monoisotopic (exact) mass is 270 g/mol. The first-order valence-corrected chi connectivity index (χ1v) is 8.05. The molecule has 104 valence electrons. The Hall–Kier alpha value is -0.240. The molecule has 18 heavy (non-hydrogen) atoms. The van der Waals surface area contributed by atoms with Crippen LogP contribution >= 0.6 is 11.8 Å². The molecule has 2 atom stereocenters. The first kappa shape index (κ1) is 15.8. The van der Waals surface area contributed by atoms with Crippen molar-refractivity contribution in [3.63, 3.8) is 0 Å². The molecular formula is C14H26N2OS. The maximum Gasteiger partial charge on any atom is 0.109 e. The fourth-order valence-corrected chi connectivity index (χ4v) is 3.76. The Bertz CT molecular complexity index is 277. The average Bonchev–Trinajstić information content (AvgIpc) is 2.72. The van der Waals surface area contributed by atoms with Crippen LogP contribution in [0.1, 0.15) is 39.5 Å². The Morgan fingerprint density at radius 1 is 1.50 bits per heavy atom. The summed E-state index contributed by atoms with van der Waals surface area (Å²) >= 11 is 1.93. The molecule has 0 amide bonds. The predicted octanol–water partition coefficient (Wildman–Crippen LogP) is 2.82. The van der Waals surface area contributed by atoms with Gasteiger partial charge in [0.1, 0.15) is 5.54 Å². The highest BCUT2D eigenvalue weighted by Crippen LogP contribution is 2.38. The van der Waals surface area contributed by atoms with Crippen molar-refractivity contribution in [2.24, 2.45) is 5.92 Å². The summed E-state index contributed by atoms with van der Waals surface area (Å²) in [5.74, 6) is 2.71. The maximum atomic E-state index is 9.54. The number of ether oxygens (including phenoxy) is 1. The minimum Gasteiger partial charge on any atom is -0.384 e. The van der Waals surface area contributed by atoms with Gasteiger partial charge >= 0.3 is 0 Å². The van der Waals surface area contributed by atoms with E-state index in [-0.39, 0.29) is 5.54 Å². The van der Waals surface area contributed by atoms with Crippen LogP contribution < -0.4 is 5.32 Å². The minimum atomic E-state index is -0.268. The van der Waals surface area contributed by atoms with Gasteiger partial charge in [0.15, 0.2) is 0 Å². The third-order valence-corrected chi connectivity index (χ3v) is 4.59. The molecule has 1 aliphatic carbocycles. The van der Waals surface area contributed by atoms with Gasteiger partial charge in [-0.3, -0.25) is 5.32 Å². The third-order valence-electron chi connectivity index (χ3n) is 3.61. The summed E-state index contributed by atoms with van der Waals surface area (Å²) in [6, 6.07) is 2.95. The molecule has 0 spiro atoms. The van der Waals surface area contributed by atoms with Crippen molar-refractivity contribution < 1.29 is 4.74 Å². The quantitative estimate of drug-likeness (QED) is 0.689. The molecule has 4 heteroatoms. The number of nitriles is 1. The largest absolute Gasteiger partial charge is 0.384 e. The van der Waals surface area contributed by atoms with Crippen LogP contribution in [0.3, 0.4) is 0 Å². The first-order valence-electron chi connectivity index (χ1n) is 6.90. The second-order valence-electron chi connectivity index (χ2n) is 5.37. The summed E-state index contributed by atoms with van der Waals surface area (Å²) in [4.78, 5) is 0. The summed E-state index contributed by atoms with van der Waals surface area (Å²) in [6.45, 7) is 5.08. The molecule has 0 aromatic carbocycles. The van der Waals surface area contributed by atoms with E-state index in [2.05, 4.69) is 25.2 Å². The number of thioether (sulfide) groups is 1. The van der Waals surface area contributed by atoms with E-state index in [0.29, 0.717) is 12.0 Å². The fraction of sp³-hybridized carbons (Fsp3) is 0.929. The van der Waals surface area contributed by atoms with Crippen LogP contribution in [0, 0.1) is 17.2 Å². The van der Waals surface area contributed by atoms with E-state index < -0.39 is 0 Å². The van der Waals surface area contributed by atoms with Gasteiger partial charge in [-0.15, -0.1) is 0 Å². The summed E-state index contributed by atoms with van der Waals surface area (Å²) in [5.41, 5.74) is -0.268. The van der Waals surface area contributed by atoms with E-state index in [1.165, 1.54) is 12.8 Å². The predicted molar refractivity (Wildman–Crippen MR) is 77.8 cm³/mol. The Morgan fingerprint density at radius 2 is 2.28 bits per heavy atom. The zero-order valence-electron chi connectivity index (χ0n) is 11.9. The highest BCUT2D eigenvalue weighted by molar-refractivity contribution is 7.99. The van der Waals surface area contributed by atoms with Crippen molar-refractivity contribution in [2.45, 2.75) is 51.1 Å². The van der Waals surface area contributed by atoms with Crippen LogP contribution in [0.4, 0.5) is 0 Å². The Balaban J connectivity index is 2.40. The van der Waals surface area contributed by atoms with Crippen molar-refractivity contribution in [1.29, 1.82) is 5.26 Å². The van der Waals surface area contributed by atoms with Crippen LogP contribution in [0.15, 0.2) is 0 Å². The van der Waals surface area contributed by atoms with E-state index in [9.17, 15) is 5.26 Å². The van der Waals surface area contributed by atoms with Crippen LogP contribution in [-0.2, 0) is 4.74 Å². The van der Waals surface area contributed by atoms with Crippen molar-refractivity contribution in [2.75, 3.05) is 25.2 Å². The van der Waals surface area contributed by atoms with Crippen molar-refractivity contribution in [3.8, 4) is 6.07 Å². The van der Waals surface area contributed by atoms with E-state index in [1.54, 1.807) is 7.11 Å². The lowest BCUT2D eigenvalue weighted by molar-refractivity contribution is 0.218. The molecule has 3 nitrogen and oxygen atoms in total. The van der Waals surface area contributed by atoms with Crippen molar-refractivity contribution in [3.05, 3.63) is 0 Å². The van der Waals surface area contributed by atoms with E-state index in [4.69, 9.17) is 4.74 Å². The normalized spacial score (nSPS) is 27.6. The Morgan fingerprint density at radius 3 is 2.89 bits per heavy atom. The second kappa shape index (κ2) is 8.04. The first-order chi connectivity index (χ1) is 8.64. The molecule has 1 saturated carbocycles. The molecule has 0 saturated heterocycles. The highest BCUT2D eigenvalue weighted by atomic mass is 32.2. The molecule has 2 unspecified atom stereocenters. The molecule has 0 aromatic rings. The third kappa shape index (κ3) is 4.46. The number of hydrogen-bond donors (Lipinski definition) is 1. The summed E-state index contributed by atoms with van der Waals surface area (Å²) < 4.78 is 5.04. The lowest BCUT2D eigenvalue weighted by atomic mass is 9.86. The van der Waals surface area contributed by atoms with Gasteiger partial charge in [-0.05, 0) is 44.8 Å². The van der Waals surface area contributed by atoms with Gasteiger partial charge in [-0.25, -0.2) is 0 Å². The molecule has 0 aromatic heterocycles. The molecule has 0 bridgehead atoms. The molecule has 1 rings (SSSR count).